The average molecular weight is 489 g/mol. The van der Waals surface area contributed by atoms with E-state index in [1.165, 1.54) is 21.0 Å². The van der Waals surface area contributed by atoms with Crippen molar-refractivity contribution in [1.82, 2.24) is 20.4 Å². The second-order valence-corrected chi connectivity index (χ2v) is 7.69. The van der Waals surface area contributed by atoms with Gasteiger partial charge in [-0.05, 0) is 58.2 Å². The monoisotopic (exact) mass is 489 g/mol. The number of halogens is 1. The van der Waals surface area contributed by atoms with Crippen molar-refractivity contribution >= 4 is 41.3 Å². The van der Waals surface area contributed by atoms with E-state index in [1.54, 1.807) is 0 Å². The van der Waals surface area contributed by atoms with Crippen LogP contribution in [0.15, 0.2) is 17.1 Å². The Labute approximate surface area is 178 Å². The van der Waals surface area contributed by atoms with Crippen LogP contribution in [-0.4, -0.2) is 28.3 Å². The Bertz CT molecular complexity index is 720. The molecular weight excluding hydrogens is 457 g/mol. The van der Waals surface area contributed by atoms with Gasteiger partial charge in [-0.15, -0.1) is 35.3 Å². The molecule has 0 radical (unpaired) electrons. The third-order valence-corrected chi connectivity index (χ3v) is 5.57. The van der Waals surface area contributed by atoms with Crippen LogP contribution in [-0.2, 0) is 26.4 Å². The highest BCUT2D eigenvalue weighted by atomic mass is 127. The molecule has 7 heteroatoms. The first-order valence-corrected chi connectivity index (χ1v) is 9.87. The summed E-state index contributed by atoms with van der Waals surface area (Å²) in [6, 6.07) is 4.67. The zero-order valence-electron chi connectivity index (χ0n) is 16.7. The van der Waals surface area contributed by atoms with E-state index < -0.39 is 0 Å². The lowest BCUT2D eigenvalue weighted by Crippen LogP contribution is -2.43. The summed E-state index contributed by atoms with van der Waals surface area (Å²) in [7, 11) is 2.00. The van der Waals surface area contributed by atoms with Gasteiger partial charge in [0.05, 0.1) is 12.2 Å². The van der Waals surface area contributed by atoms with Crippen molar-refractivity contribution in [3.63, 3.8) is 0 Å². The molecule has 0 amide bonds. The number of aryl methyl sites for hydroxylation is 3. The summed E-state index contributed by atoms with van der Waals surface area (Å²) < 4.78 is 1.96. The third-order valence-electron chi connectivity index (χ3n) is 4.36. The molecule has 1 unspecified atom stereocenters. The number of rotatable bonds is 7. The van der Waals surface area contributed by atoms with Gasteiger partial charge in [-0.25, -0.2) is 4.99 Å². The molecule has 0 aromatic carbocycles. The molecule has 2 aromatic heterocycles. The van der Waals surface area contributed by atoms with Crippen LogP contribution in [0.3, 0.4) is 0 Å². The van der Waals surface area contributed by atoms with Crippen LogP contribution in [0.5, 0.6) is 0 Å². The van der Waals surface area contributed by atoms with Crippen molar-refractivity contribution in [2.24, 2.45) is 12.0 Å². The summed E-state index contributed by atoms with van der Waals surface area (Å²) in [6.07, 6.45) is 2.03. The van der Waals surface area contributed by atoms with E-state index in [2.05, 4.69) is 62.5 Å². The minimum Gasteiger partial charge on any atom is -0.357 e. The Morgan fingerprint density at radius 2 is 1.96 bits per heavy atom. The van der Waals surface area contributed by atoms with Gasteiger partial charge in [-0.3, -0.25) is 4.68 Å². The van der Waals surface area contributed by atoms with Crippen molar-refractivity contribution in [1.29, 1.82) is 0 Å². The molecule has 0 aliphatic heterocycles. The second kappa shape index (κ2) is 10.9. The van der Waals surface area contributed by atoms with Gasteiger partial charge in [-0.2, -0.15) is 5.10 Å². The molecule has 0 saturated carbocycles. The Morgan fingerprint density at radius 1 is 1.27 bits per heavy atom. The SMILES string of the molecule is CCNC(=NCc1ccc(CC)s1)NC(C)Cc1c(C)nn(C)c1C.I. The molecule has 0 bridgehead atoms. The van der Waals surface area contributed by atoms with E-state index in [-0.39, 0.29) is 30.0 Å². The first-order valence-electron chi connectivity index (χ1n) is 9.06. The maximum Gasteiger partial charge on any atom is 0.191 e. The van der Waals surface area contributed by atoms with Crippen LogP contribution in [0.2, 0.25) is 0 Å². The van der Waals surface area contributed by atoms with Crippen LogP contribution in [0.1, 0.15) is 47.5 Å². The van der Waals surface area contributed by atoms with Crippen LogP contribution in [0, 0.1) is 13.8 Å². The van der Waals surface area contributed by atoms with E-state index in [0.717, 1.165) is 37.6 Å². The quantitative estimate of drug-likeness (QED) is 0.352. The molecule has 2 N–H and O–H groups in total. The molecule has 1 atom stereocenters. The zero-order chi connectivity index (χ0) is 18.4. The van der Waals surface area contributed by atoms with Crippen LogP contribution in [0.25, 0.3) is 0 Å². The summed E-state index contributed by atoms with van der Waals surface area (Å²) in [5, 5.41) is 11.4. The van der Waals surface area contributed by atoms with Crippen molar-refractivity contribution in [3.8, 4) is 0 Å². The molecule has 0 saturated heterocycles. The lowest BCUT2D eigenvalue weighted by molar-refractivity contribution is 0.636. The Morgan fingerprint density at radius 3 is 2.50 bits per heavy atom. The van der Waals surface area contributed by atoms with Gasteiger partial charge in [-0.1, -0.05) is 6.92 Å². The fourth-order valence-corrected chi connectivity index (χ4v) is 3.76. The highest BCUT2D eigenvalue weighted by Crippen LogP contribution is 2.18. The normalized spacial score (nSPS) is 12.6. The van der Waals surface area contributed by atoms with Gasteiger partial charge < -0.3 is 10.6 Å². The number of thiophene rings is 1. The predicted octanol–water partition coefficient (Wildman–Crippen LogP) is 3.97. The molecule has 2 aromatic rings. The molecule has 0 aliphatic rings. The number of hydrogen-bond acceptors (Lipinski definition) is 3. The topological polar surface area (TPSA) is 54.2 Å². The fraction of sp³-hybridized carbons (Fsp3) is 0.579. The molecule has 26 heavy (non-hydrogen) atoms. The summed E-state index contributed by atoms with van der Waals surface area (Å²) in [6.45, 7) is 12.3. The second-order valence-electron chi connectivity index (χ2n) is 6.44. The van der Waals surface area contributed by atoms with Gasteiger partial charge in [0.2, 0.25) is 0 Å². The Kier molecular flexibility index (Phi) is 9.63. The van der Waals surface area contributed by atoms with Crippen LogP contribution >= 0.6 is 35.3 Å². The van der Waals surface area contributed by atoms with Crippen molar-refractivity contribution < 1.29 is 0 Å². The number of guanidine groups is 1. The van der Waals surface area contributed by atoms with Crippen LogP contribution in [0.4, 0.5) is 0 Å². The molecule has 2 rings (SSSR count). The average Bonchev–Trinajstić information content (AvgIpc) is 3.13. The standard InChI is InChI=1S/C19H31N5S.HI/c1-7-16-9-10-17(25-16)12-21-19(20-8-2)22-13(3)11-18-14(4)23-24(6)15(18)5;/h9-10,13H,7-8,11-12H2,1-6H3,(H2,20,21,22);1H. The first-order chi connectivity index (χ1) is 11.9. The van der Waals surface area contributed by atoms with Crippen molar-refractivity contribution in [3.05, 3.63) is 38.8 Å². The van der Waals surface area contributed by atoms with Crippen molar-refractivity contribution in [2.75, 3.05) is 6.54 Å². The lowest BCUT2D eigenvalue weighted by Gasteiger charge is -2.18. The summed E-state index contributed by atoms with van der Waals surface area (Å²) in [5.41, 5.74) is 3.67. The fourth-order valence-electron chi connectivity index (χ4n) is 2.88. The highest BCUT2D eigenvalue weighted by Gasteiger charge is 2.14. The maximum absolute atomic E-state index is 4.75. The predicted molar refractivity (Wildman–Crippen MR) is 123 cm³/mol. The molecule has 146 valence electrons. The maximum atomic E-state index is 4.75. The zero-order valence-corrected chi connectivity index (χ0v) is 19.9. The number of aliphatic imine (C=N–C) groups is 1. The van der Waals surface area contributed by atoms with E-state index >= 15 is 0 Å². The molecule has 2 heterocycles. The first kappa shape index (κ1) is 23.0. The van der Waals surface area contributed by atoms with Gasteiger partial charge in [0.25, 0.3) is 0 Å². The summed E-state index contributed by atoms with van der Waals surface area (Å²) >= 11 is 1.85. The Hall–Kier alpha value is -1.09. The largest absolute Gasteiger partial charge is 0.357 e. The minimum atomic E-state index is 0. The molecule has 0 fully saturated rings. The minimum absolute atomic E-state index is 0. The number of nitrogens with zero attached hydrogens (tertiary/aromatic N) is 3. The van der Waals surface area contributed by atoms with E-state index in [9.17, 15) is 0 Å². The van der Waals surface area contributed by atoms with Gasteiger partial charge in [0, 0.05) is 35.1 Å². The highest BCUT2D eigenvalue weighted by molar-refractivity contribution is 14.0. The summed E-state index contributed by atoms with van der Waals surface area (Å²) in [4.78, 5) is 7.47. The van der Waals surface area contributed by atoms with Gasteiger partial charge in [0.1, 0.15) is 0 Å². The number of aromatic nitrogens is 2. The molecular formula is C19H32IN5S. The van der Waals surface area contributed by atoms with E-state index in [0.29, 0.717) is 0 Å². The van der Waals surface area contributed by atoms with E-state index in [4.69, 9.17) is 4.99 Å². The smallest absolute Gasteiger partial charge is 0.191 e. The molecule has 0 aliphatic carbocycles. The van der Waals surface area contributed by atoms with Crippen LogP contribution < -0.4 is 10.6 Å². The third kappa shape index (κ3) is 6.26. The summed E-state index contributed by atoms with van der Waals surface area (Å²) in [5.74, 6) is 0.876. The molecule has 0 spiro atoms. The Balaban J connectivity index is 0.00000338. The van der Waals surface area contributed by atoms with Gasteiger partial charge in [0.15, 0.2) is 5.96 Å². The lowest BCUT2D eigenvalue weighted by atomic mass is 10.1. The number of hydrogen-bond donors (Lipinski definition) is 2. The van der Waals surface area contributed by atoms with Gasteiger partial charge >= 0.3 is 0 Å². The molecule has 5 nitrogen and oxygen atoms in total. The van der Waals surface area contributed by atoms with Crippen molar-refractivity contribution in [2.45, 2.75) is 60.0 Å². The number of nitrogens with one attached hydrogen (secondary N) is 2. The van der Waals surface area contributed by atoms with E-state index in [1.807, 2.05) is 23.1 Å².